The number of aliphatic hydroxyl groups is 1. The molecular weight excluding hydrogens is 658 g/mol. The number of carboxylic acid groups (broad SMARTS) is 2. The van der Waals surface area contributed by atoms with E-state index in [1.165, 1.54) is 19.4 Å². The molecule has 0 bridgehead atoms. The molecule has 0 fully saturated rings. The third kappa shape index (κ3) is 15.3. The number of carbonyl (C=O) groups excluding carboxylic acids is 5. The lowest BCUT2D eigenvalue weighted by molar-refractivity contribution is -0.143. The summed E-state index contributed by atoms with van der Waals surface area (Å²) < 4.78 is 0. The summed E-state index contributed by atoms with van der Waals surface area (Å²) in [6.07, 6.45) is 2.26. The number of imidazole rings is 1. The van der Waals surface area contributed by atoms with Gasteiger partial charge in [-0.3, -0.25) is 28.8 Å². The number of carbonyl (C=O) groups is 7. The molecule has 0 radical (unpaired) electrons. The van der Waals surface area contributed by atoms with Crippen molar-refractivity contribution in [3.05, 3.63) is 18.2 Å². The third-order valence-corrected chi connectivity index (χ3v) is 7.70. The normalized spacial score (nSPS) is 15.4. The SMILES string of the molecule is CCC[C@H](N)C(=O)N[C@@H](Cc1cnc[nH]1)C(=O)N[C@H](C(=O)N[C@H](C(=O)N[C@@H](CCC(=O)O)C(=O)N[C@@H](CCCCN)C(=O)O)C(C)C)[C@@H](C)O. The van der Waals surface area contributed by atoms with Gasteiger partial charge in [-0.1, -0.05) is 27.2 Å². The van der Waals surface area contributed by atoms with E-state index in [-0.39, 0.29) is 12.8 Å². The summed E-state index contributed by atoms with van der Waals surface area (Å²) in [6.45, 7) is 6.52. The molecule has 19 heteroatoms. The van der Waals surface area contributed by atoms with Gasteiger partial charge in [0.1, 0.15) is 30.2 Å². The molecule has 13 N–H and O–H groups in total. The predicted octanol–water partition coefficient (Wildman–Crippen LogP) is -2.38. The number of H-pyrrole nitrogens is 1. The van der Waals surface area contributed by atoms with Gasteiger partial charge in [-0.15, -0.1) is 0 Å². The predicted molar refractivity (Wildman–Crippen MR) is 179 cm³/mol. The molecule has 0 saturated heterocycles. The van der Waals surface area contributed by atoms with Crippen LogP contribution in [0.15, 0.2) is 12.5 Å². The van der Waals surface area contributed by atoms with E-state index in [0.29, 0.717) is 37.9 Å². The Balaban J connectivity index is 3.17. The average Bonchev–Trinajstić information content (AvgIpc) is 3.56. The van der Waals surface area contributed by atoms with E-state index in [1.807, 2.05) is 6.92 Å². The summed E-state index contributed by atoms with van der Waals surface area (Å²) >= 11 is 0. The number of rotatable bonds is 24. The zero-order valence-corrected chi connectivity index (χ0v) is 28.9. The highest BCUT2D eigenvalue weighted by Crippen LogP contribution is 2.09. The number of nitrogens with zero attached hydrogens (tertiary/aromatic N) is 1. The van der Waals surface area contributed by atoms with Crippen LogP contribution in [-0.4, -0.2) is 116 Å². The van der Waals surface area contributed by atoms with Gasteiger partial charge in [0.15, 0.2) is 0 Å². The molecule has 1 aromatic heterocycles. The molecule has 0 aliphatic carbocycles. The molecule has 1 rings (SSSR count). The second-order valence-electron chi connectivity index (χ2n) is 12.4. The van der Waals surface area contributed by atoms with Gasteiger partial charge in [0.25, 0.3) is 0 Å². The molecule has 1 aromatic rings. The number of aromatic amines is 1. The first-order valence-electron chi connectivity index (χ1n) is 16.6. The van der Waals surface area contributed by atoms with Crippen molar-refractivity contribution in [1.29, 1.82) is 0 Å². The van der Waals surface area contributed by atoms with Gasteiger partial charge in [0.2, 0.25) is 29.5 Å². The molecular formula is C31H53N9O10. The van der Waals surface area contributed by atoms with E-state index in [4.69, 9.17) is 11.5 Å². The first-order chi connectivity index (χ1) is 23.5. The smallest absolute Gasteiger partial charge is 0.326 e. The van der Waals surface area contributed by atoms with Crippen LogP contribution in [0, 0.1) is 5.92 Å². The van der Waals surface area contributed by atoms with Gasteiger partial charge in [0.05, 0.1) is 18.5 Å². The monoisotopic (exact) mass is 711 g/mol. The van der Waals surface area contributed by atoms with Crippen LogP contribution in [0.25, 0.3) is 0 Å². The quantitative estimate of drug-likeness (QED) is 0.0500. The summed E-state index contributed by atoms with van der Waals surface area (Å²) in [7, 11) is 0. The number of aliphatic carboxylic acids is 2. The minimum absolute atomic E-state index is 0.0486. The van der Waals surface area contributed by atoms with Crippen LogP contribution in [0.4, 0.5) is 0 Å². The number of nitrogens with one attached hydrogen (secondary N) is 6. The Labute approximate surface area is 290 Å². The lowest BCUT2D eigenvalue weighted by Crippen LogP contribution is -2.62. The second kappa shape index (κ2) is 22.2. The fourth-order valence-electron chi connectivity index (χ4n) is 4.80. The van der Waals surface area contributed by atoms with E-state index in [2.05, 4.69) is 36.6 Å². The molecule has 0 saturated carbocycles. The van der Waals surface area contributed by atoms with Crippen LogP contribution < -0.4 is 38.1 Å². The lowest BCUT2D eigenvalue weighted by atomic mass is 10.0. The van der Waals surface area contributed by atoms with Crippen molar-refractivity contribution in [2.75, 3.05) is 6.54 Å². The van der Waals surface area contributed by atoms with Crippen LogP contribution in [-0.2, 0) is 40.0 Å². The van der Waals surface area contributed by atoms with Gasteiger partial charge in [-0.25, -0.2) is 9.78 Å². The standard InChI is InChI=1S/C31H53N9O10/c1-5-8-19(33)26(44)38-22(13-18-14-34-15-35-18)28(46)40-25(17(4)41)30(48)39-24(16(2)3)29(47)36-20(10-11-23(42)43)27(45)37-21(31(49)50)9-6-7-12-32/h14-17,19-22,24-25,41H,5-13,32-33H2,1-4H3,(H,34,35)(H,36,47)(H,37,45)(H,38,44)(H,39,48)(H,40,46)(H,42,43)(H,49,50)/t17-,19+,20+,21+,22+,24+,25+/m1/s1. The number of carboxylic acids is 2. The topological polar surface area (TPSA) is 321 Å². The molecule has 1 heterocycles. The number of unbranched alkanes of at least 4 members (excludes halogenated alkanes) is 1. The summed E-state index contributed by atoms with van der Waals surface area (Å²) in [4.78, 5) is 95.8. The van der Waals surface area contributed by atoms with Crippen molar-refractivity contribution in [3.8, 4) is 0 Å². The van der Waals surface area contributed by atoms with Gasteiger partial charge in [-0.2, -0.15) is 0 Å². The number of hydrogen-bond donors (Lipinski definition) is 11. The maximum Gasteiger partial charge on any atom is 0.326 e. The molecule has 5 amide bonds. The first kappa shape index (κ1) is 43.4. The fraction of sp³-hybridized carbons (Fsp3) is 0.677. The maximum atomic E-state index is 13.5. The minimum Gasteiger partial charge on any atom is -0.481 e. The maximum absolute atomic E-state index is 13.5. The molecule has 0 aromatic carbocycles. The first-order valence-corrected chi connectivity index (χ1v) is 16.6. The highest BCUT2D eigenvalue weighted by Gasteiger charge is 2.35. The molecule has 0 unspecified atom stereocenters. The van der Waals surface area contributed by atoms with Gasteiger partial charge in [-0.05, 0) is 51.5 Å². The molecule has 0 spiro atoms. The van der Waals surface area contributed by atoms with E-state index in [0.717, 1.165) is 0 Å². The zero-order valence-electron chi connectivity index (χ0n) is 28.9. The van der Waals surface area contributed by atoms with Crippen LogP contribution in [0.3, 0.4) is 0 Å². The van der Waals surface area contributed by atoms with Crippen molar-refractivity contribution < 1.29 is 48.9 Å². The molecule has 50 heavy (non-hydrogen) atoms. The largest absolute Gasteiger partial charge is 0.481 e. The van der Waals surface area contributed by atoms with Crippen LogP contribution in [0.5, 0.6) is 0 Å². The van der Waals surface area contributed by atoms with E-state index < -0.39 is 103 Å². The number of aliphatic hydroxyl groups excluding tert-OH is 1. The molecule has 19 nitrogen and oxygen atoms in total. The number of nitrogens with two attached hydrogens (primary N) is 2. The van der Waals surface area contributed by atoms with Crippen molar-refractivity contribution in [3.63, 3.8) is 0 Å². The van der Waals surface area contributed by atoms with E-state index in [9.17, 15) is 48.9 Å². The van der Waals surface area contributed by atoms with E-state index >= 15 is 0 Å². The zero-order chi connectivity index (χ0) is 38.0. The Morgan fingerprint density at radius 1 is 0.780 bits per heavy atom. The summed E-state index contributed by atoms with van der Waals surface area (Å²) in [6, 6.07) is -7.90. The Hall–Kier alpha value is -4.62. The van der Waals surface area contributed by atoms with Crippen molar-refractivity contribution in [2.24, 2.45) is 17.4 Å². The molecule has 7 atom stereocenters. The van der Waals surface area contributed by atoms with Crippen molar-refractivity contribution in [2.45, 2.75) is 121 Å². The Bertz CT molecular complexity index is 1280. The van der Waals surface area contributed by atoms with Crippen molar-refractivity contribution in [1.82, 2.24) is 36.6 Å². The van der Waals surface area contributed by atoms with Crippen molar-refractivity contribution >= 4 is 41.5 Å². The third-order valence-electron chi connectivity index (χ3n) is 7.70. The number of amides is 5. The lowest BCUT2D eigenvalue weighted by Gasteiger charge is -2.29. The summed E-state index contributed by atoms with van der Waals surface area (Å²) in [5.74, 6) is -7.48. The number of aromatic nitrogens is 2. The van der Waals surface area contributed by atoms with Gasteiger partial charge < -0.3 is 58.4 Å². The fourth-order valence-corrected chi connectivity index (χ4v) is 4.80. The summed E-state index contributed by atoms with van der Waals surface area (Å²) in [5.41, 5.74) is 11.9. The number of hydrogen-bond acceptors (Lipinski definition) is 11. The average molecular weight is 712 g/mol. The second-order valence-corrected chi connectivity index (χ2v) is 12.4. The van der Waals surface area contributed by atoms with Gasteiger partial charge >= 0.3 is 11.9 Å². The minimum atomic E-state index is -1.61. The Kier molecular flexibility index (Phi) is 19.2. The highest BCUT2D eigenvalue weighted by atomic mass is 16.4. The van der Waals surface area contributed by atoms with Crippen LogP contribution >= 0.6 is 0 Å². The Morgan fingerprint density at radius 3 is 1.88 bits per heavy atom. The van der Waals surface area contributed by atoms with Gasteiger partial charge in [0, 0.05) is 24.7 Å². The van der Waals surface area contributed by atoms with Crippen LogP contribution in [0.2, 0.25) is 0 Å². The molecule has 0 aliphatic rings. The van der Waals surface area contributed by atoms with Crippen LogP contribution in [0.1, 0.15) is 78.3 Å². The summed E-state index contributed by atoms with van der Waals surface area (Å²) in [5, 5.41) is 41.4. The Morgan fingerprint density at radius 2 is 1.36 bits per heavy atom. The van der Waals surface area contributed by atoms with E-state index in [1.54, 1.807) is 13.8 Å². The molecule has 0 aliphatic heterocycles. The highest BCUT2D eigenvalue weighted by molar-refractivity contribution is 5.96. The molecule has 282 valence electrons.